The molecule has 0 saturated carbocycles. The van der Waals surface area contributed by atoms with E-state index in [4.69, 9.17) is 5.73 Å². The summed E-state index contributed by atoms with van der Waals surface area (Å²) in [6.45, 7) is 3.13. The fourth-order valence-corrected chi connectivity index (χ4v) is 2.85. The van der Waals surface area contributed by atoms with E-state index in [1.165, 1.54) is 11.3 Å². The van der Waals surface area contributed by atoms with E-state index in [1.807, 2.05) is 17.5 Å². The number of carbonyl (C=O) groups is 2. The van der Waals surface area contributed by atoms with E-state index in [0.717, 1.165) is 4.88 Å². The third-order valence-electron chi connectivity index (χ3n) is 3.08. The number of nitrogens with one attached hydrogen (secondary N) is 1. The van der Waals surface area contributed by atoms with Gasteiger partial charge >= 0.3 is 0 Å². The average molecular weight is 304 g/mol. The lowest BCUT2D eigenvalue weighted by Gasteiger charge is -2.35. The molecule has 1 aliphatic heterocycles. The molecule has 0 aromatic carbocycles. The van der Waals surface area contributed by atoms with Gasteiger partial charge in [-0.3, -0.25) is 9.59 Å². The van der Waals surface area contributed by atoms with Crippen molar-refractivity contribution in [1.29, 1.82) is 0 Å². The number of nitrogens with zero attached hydrogens (tertiary/aromatic N) is 1. The van der Waals surface area contributed by atoms with E-state index in [9.17, 15) is 9.59 Å². The molecule has 1 aromatic heterocycles. The Labute approximate surface area is 122 Å². The zero-order chi connectivity index (χ0) is 13.1. The Hall–Kier alpha value is -1.11. The van der Waals surface area contributed by atoms with Crippen LogP contribution in [0.1, 0.15) is 17.8 Å². The van der Waals surface area contributed by atoms with Crippen LogP contribution in [0.5, 0.6) is 0 Å². The first kappa shape index (κ1) is 15.9. The molecule has 1 saturated heterocycles. The van der Waals surface area contributed by atoms with Gasteiger partial charge in [0.15, 0.2) is 0 Å². The smallest absolute Gasteiger partial charge is 0.248 e. The molecule has 106 valence electrons. The van der Waals surface area contributed by atoms with Crippen LogP contribution in [0.15, 0.2) is 17.5 Å². The first-order chi connectivity index (χ1) is 8.65. The predicted molar refractivity (Wildman–Crippen MR) is 77.2 cm³/mol. The van der Waals surface area contributed by atoms with Crippen molar-refractivity contribution in [2.75, 3.05) is 19.6 Å². The monoisotopic (exact) mass is 303 g/mol. The van der Waals surface area contributed by atoms with Gasteiger partial charge in [0.1, 0.15) is 6.04 Å². The SMILES string of the molecule is CC(CN)C(=O)N1CCNC(=O)C1c1cccs1.Cl. The van der Waals surface area contributed by atoms with Gasteiger partial charge < -0.3 is 16.0 Å². The molecular weight excluding hydrogens is 286 g/mol. The van der Waals surface area contributed by atoms with Crippen molar-refractivity contribution >= 4 is 35.6 Å². The van der Waals surface area contributed by atoms with Gasteiger partial charge in [0.2, 0.25) is 11.8 Å². The lowest BCUT2D eigenvalue weighted by Crippen LogP contribution is -2.53. The maximum absolute atomic E-state index is 12.3. The molecule has 3 N–H and O–H groups in total. The minimum absolute atomic E-state index is 0. The number of amides is 2. The molecular formula is C12H18ClN3O2S. The van der Waals surface area contributed by atoms with Gasteiger partial charge in [-0.05, 0) is 11.4 Å². The van der Waals surface area contributed by atoms with E-state index in [2.05, 4.69) is 5.32 Å². The van der Waals surface area contributed by atoms with Gasteiger partial charge in [0.25, 0.3) is 0 Å². The van der Waals surface area contributed by atoms with E-state index in [1.54, 1.807) is 11.8 Å². The summed E-state index contributed by atoms with van der Waals surface area (Å²) in [7, 11) is 0. The second-order valence-electron chi connectivity index (χ2n) is 4.38. The summed E-state index contributed by atoms with van der Waals surface area (Å²) < 4.78 is 0. The molecule has 7 heteroatoms. The molecule has 1 aliphatic rings. The zero-order valence-electron chi connectivity index (χ0n) is 10.7. The standard InChI is InChI=1S/C12H17N3O2S.ClH/c1-8(7-13)12(17)15-5-4-14-11(16)10(15)9-3-2-6-18-9;/h2-3,6,8,10H,4-5,7,13H2,1H3,(H,14,16);1H. The minimum atomic E-state index is -0.500. The number of thiophene rings is 1. The normalized spacial score (nSPS) is 20.4. The van der Waals surface area contributed by atoms with Gasteiger partial charge in [-0.25, -0.2) is 0 Å². The Morgan fingerprint density at radius 3 is 3.00 bits per heavy atom. The van der Waals surface area contributed by atoms with Gasteiger partial charge in [-0.15, -0.1) is 23.7 Å². The van der Waals surface area contributed by atoms with Crippen LogP contribution in [0, 0.1) is 5.92 Å². The van der Waals surface area contributed by atoms with Crippen LogP contribution < -0.4 is 11.1 Å². The molecule has 0 aliphatic carbocycles. The molecule has 2 unspecified atom stereocenters. The number of nitrogens with two attached hydrogens (primary N) is 1. The van der Waals surface area contributed by atoms with Crippen molar-refractivity contribution in [3.63, 3.8) is 0 Å². The topological polar surface area (TPSA) is 75.4 Å². The lowest BCUT2D eigenvalue weighted by molar-refractivity contribution is -0.145. The highest BCUT2D eigenvalue weighted by Crippen LogP contribution is 2.28. The molecule has 2 rings (SSSR count). The molecule has 2 heterocycles. The highest BCUT2D eigenvalue weighted by Gasteiger charge is 2.36. The molecule has 0 radical (unpaired) electrons. The van der Waals surface area contributed by atoms with Crippen LogP contribution in [0.25, 0.3) is 0 Å². The maximum atomic E-state index is 12.3. The van der Waals surface area contributed by atoms with Crippen molar-refractivity contribution in [2.24, 2.45) is 11.7 Å². The fraction of sp³-hybridized carbons (Fsp3) is 0.500. The average Bonchev–Trinajstić information content (AvgIpc) is 2.90. The molecule has 2 amide bonds. The van der Waals surface area contributed by atoms with Gasteiger partial charge in [0.05, 0.1) is 0 Å². The molecule has 1 fully saturated rings. The number of carbonyl (C=O) groups excluding carboxylic acids is 2. The first-order valence-electron chi connectivity index (χ1n) is 5.96. The summed E-state index contributed by atoms with van der Waals surface area (Å²) in [6.07, 6.45) is 0. The van der Waals surface area contributed by atoms with Crippen molar-refractivity contribution in [1.82, 2.24) is 10.2 Å². The van der Waals surface area contributed by atoms with Crippen molar-refractivity contribution in [2.45, 2.75) is 13.0 Å². The van der Waals surface area contributed by atoms with E-state index < -0.39 is 6.04 Å². The minimum Gasteiger partial charge on any atom is -0.352 e. The highest BCUT2D eigenvalue weighted by molar-refractivity contribution is 7.10. The summed E-state index contributed by atoms with van der Waals surface area (Å²) in [5.41, 5.74) is 5.53. The number of rotatable bonds is 3. The molecule has 0 bridgehead atoms. The van der Waals surface area contributed by atoms with Crippen LogP contribution in [0.3, 0.4) is 0 Å². The second kappa shape index (κ2) is 6.88. The highest BCUT2D eigenvalue weighted by atomic mass is 35.5. The summed E-state index contributed by atoms with van der Waals surface area (Å²) in [4.78, 5) is 26.8. The van der Waals surface area contributed by atoms with E-state index in [-0.39, 0.29) is 30.1 Å². The number of piperazine rings is 1. The third kappa shape index (κ3) is 3.26. The number of halogens is 1. The lowest BCUT2D eigenvalue weighted by atomic mass is 10.1. The van der Waals surface area contributed by atoms with E-state index in [0.29, 0.717) is 19.6 Å². The number of hydrogen-bond acceptors (Lipinski definition) is 4. The fourth-order valence-electron chi connectivity index (χ4n) is 2.02. The van der Waals surface area contributed by atoms with Gasteiger partial charge in [-0.1, -0.05) is 13.0 Å². The Kier molecular flexibility index (Phi) is 5.78. The predicted octanol–water partition coefficient (Wildman–Crippen LogP) is 0.764. The number of hydrogen-bond donors (Lipinski definition) is 2. The molecule has 5 nitrogen and oxygen atoms in total. The maximum Gasteiger partial charge on any atom is 0.248 e. The van der Waals surface area contributed by atoms with E-state index >= 15 is 0 Å². The quantitative estimate of drug-likeness (QED) is 0.866. The van der Waals surface area contributed by atoms with Crippen molar-refractivity contribution < 1.29 is 9.59 Å². The Morgan fingerprint density at radius 2 is 2.42 bits per heavy atom. The Morgan fingerprint density at radius 1 is 1.68 bits per heavy atom. The van der Waals surface area contributed by atoms with Crippen molar-refractivity contribution in [3.8, 4) is 0 Å². The molecule has 0 spiro atoms. The molecule has 2 atom stereocenters. The van der Waals surface area contributed by atoms with Crippen LogP contribution in [-0.2, 0) is 9.59 Å². The Bertz CT molecular complexity index is 438. The second-order valence-corrected chi connectivity index (χ2v) is 5.36. The van der Waals surface area contributed by atoms with Crippen LogP contribution in [0.2, 0.25) is 0 Å². The Balaban J connectivity index is 0.00000180. The molecule has 1 aromatic rings. The van der Waals surface area contributed by atoms with Crippen LogP contribution in [-0.4, -0.2) is 36.3 Å². The van der Waals surface area contributed by atoms with Crippen LogP contribution in [0.4, 0.5) is 0 Å². The first-order valence-corrected chi connectivity index (χ1v) is 6.84. The largest absolute Gasteiger partial charge is 0.352 e. The van der Waals surface area contributed by atoms with Gasteiger partial charge in [-0.2, -0.15) is 0 Å². The summed E-state index contributed by atoms with van der Waals surface area (Å²) in [5, 5.41) is 4.71. The zero-order valence-corrected chi connectivity index (χ0v) is 12.3. The summed E-state index contributed by atoms with van der Waals surface area (Å²) in [5.74, 6) is -0.412. The third-order valence-corrected chi connectivity index (χ3v) is 4.01. The van der Waals surface area contributed by atoms with Crippen LogP contribution >= 0.6 is 23.7 Å². The van der Waals surface area contributed by atoms with Crippen molar-refractivity contribution in [3.05, 3.63) is 22.4 Å². The summed E-state index contributed by atoms with van der Waals surface area (Å²) in [6, 6.07) is 3.27. The van der Waals surface area contributed by atoms with Gasteiger partial charge in [0, 0.05) is 30.4 Å². The summed E-state index contributed by atoms with van der Waals surface area (Å²) >= 11 is 1.49. The molecule has 19 heavy (non-hydrogen) atoms.